The highest BCUT2D eigenvalue weighted by Crippen LogP contribution is 2.70. The molecule has 1 aromatic carbocycles. The van der Waals surface area contributed by atoms with Gasteiger partial charge in [-0.05, 0) is 117 Å². The molecule has 7 rings (SSSR count). The van der Waals surface area contributed by atoms with Crippen LogP contribution in [0.5, 0.6) is 5.75 Å². The van der Waals surface area contributed by atoms with E-state index in [4.69, 9.17) is 33.2 Å². The summed E-state index contributed by atoms with van der Waals surface area (Å²) >= 11 is 0. The Labute approximate surface area is 365 Å². The minimum absolute atomic E-state index is 0.0243. The number of carbonyl (C=O) groups is 3. The third kappa shape index (κ3) is 8.48. The van der Waals surface area contributed by atoms with Crippen LogP contribution >= 0.6 is 0 Å². The van der Waals surface area contributed by atoms with Gasteiger partial charge in [0.25, 0.3) is 0 Å². The van der Waals surface area contributed by atoms with Crippen LogP contribution in [0.15, 0.2) is 24.3 Å². The SMILES string of the molecule is COC(=O)[C@H]1[C@H](O[C@H]2CC3C4CCC5C[C@@H](O)CC[C@]5(C)C4CC[C@]3(C)[C@@]2(O)[C@H](C)C(=O)CCC(C)C)OC[C@H](O)[C@@H]1O[C@@H]1OC[C@@H](O)[C@H](O)[C@H]1OC(=O)c1ccc(OC)cc1. The van der Waals surface area contributed by atoms with E-state index in [2.05, 4.69) is 27.7 Å². The largest absolute Gasteiger partial charge is 0.497 e. The second kappa shape index (κ2) is 18.6. The predicted molar refractivity (Wildman–Crippen MR) is 221 cm³/mol. The molecule has 0 amide bonds. The molecule has 0 radical (unpaired) electrons. The highest BCUT2D eigenvalue weighted by Gasteiger charge is 2.71. The maximum absolute atomic E-state index is 14.2. The minimum Gasteiger partial charge on any atom is -0.497 e. The Hall–Kier alpha value is -2.73. The van der Waals surface area contributed by atoms with Crippen molar-refractivity contribution in [1.29, 1.82) is 0 Å². The van der Waals surface area contributed by atoms with Crippen molar-refractivity contribution in [1.82, 2.24) is 0 Å². The zero-order chi connectivity index (χ0) is 44.9. The summed E-state index contributed by atoms with van der Waals surface area (Å²) in [6.07, 6.45) is -4.54. The van der Waals surface area contributed by atoms with Gasteiger partial charge >= 0.3 is 11.9 Å². The molecular weight excluding hydrogens is 805 g/mol. The molecule has 5 N–H and O–H groups in total. The molecule has 18 atom stereocenters. The van der Waals surface area contributed by atoms with Crippen molar-refractivity contribution in [2.24, 2.45) is 52.3 Å². The van der Waals surface area contributed by atoms with Crippen LogP contribution in [-0.4, -0.2) is 132 Å². The second-order valence-electron chi connectivity index (χ2n) is 20.1. The van der Waals surface area contributed by atoms with Gasteiger partial charge in [-0.3, -0.25) is 9.59 Å². The molecule has 0 bridgehead atoms. The number of hydrogen-bond donors (Lipinski definition) is 5. The number of methoxy groups -OCH3 is 2. The number of fused-ring (bicyclic) bond motifs is 5. The van der Waals surface area contributed by atoms with Crippen LogP contribution in [0, 0.1) is 52.3 Å². The molecule has 0 aromatic heterocycles. The fourth-order valence-corrected chi connectivity index (χ4v) is 12.8. The topological polar surface area (TPSA) is 217 Å². The average molecular weight is 875 g/mol. The molecule has 0 spiro atoms. The Bertz CT molecular complexity index is 1740. The van der Waals surface area contributed by atoms with Crippen LogP contribution < -0.4 is 4.74 Å². The summed E-state index contributed by atoms with van der Waals surface area (Å²) in [5.41, 5.74) is -2.23. The predicted octanol–water partition coefficient (Wildman–Crippen LogP) is 3.96. The van der Waals surface area contributed by atoms with E-state index in [1.165, 1.54) is 26.4 Å². The number of ketones is 1. The number of aliphatic hydroxyl groups is 5. The number of ether oxygens (including phenoxy) is 7. The van der Waals surface area contributed by atoms with Gasteiger partial charge in [0.15, 0.2) is 18.7 Å². The van der Waals surface area contributed by atoms with Crippen molar-refractivity contribution in [2.45, 2.75) is 160 Å². The molecule has 15 heteroatoms. The van der Waals surface area contributed by atoms with E-state index >= 15 is 0 Å². The van der Waals surface area contributed by atoms with Crippen molar-refractivity contribution in [2.75, 3.05) is 27.4 Å². The lowest BCUT2D eigenvalue weighted by Crippen LogP contribution is -2.63. The summed E-state index contributed by atoms with van der Waals surface area (Å²) in [6, 6.07) is 6.05. The van der Waals surface area contributed by atoms with E-state index in [1.54, 1.807) is 19.1 Å². The first-order chi connectivity index (χ1) is 29.4. The Balaban J connectivity index is 1.18. The number of esters is 2. The van der Waals surface area contributed by atoms with Gasteiger partial charge in [-0.2, -0.15) is 0 Å². The van der Waals surface area contributed by atoms with Crippen molar-refractivity contribution in [3.63, 3.8) is 0 Å². The normalized spacial score (nSPS) is 43.4. The number of aliphatic hydroxyl groups excluding tert-OH is 4. The summed E-state index contributed by atoms with van der Waals surface area (Å²) in [4.78, 5) is 41.3. The maximum atomic E-state index is 14.2. The monoisotopic (exact) mass is 874 g/mol. The fraction of sp³-hybridized carbons (Fsp3) is 0.809. The van der Waals surface area contributed by atoms with Crippen LogP contribution in [0.25, 0.3) is 0 Å². The van der Waals surface area contributed by atoms with Gasteiger partial charge < -0.3 is 58.7 Å². The lowest BCUT2D eigenvalue weighted by atomic mass is 9.44. The van der Waals surface area contributed by atoms with E-state index in [-0.39, 0.29) is 47.2 Å². The zero-order valence-electron chi connectivity index (χ0n) is 37.4. The van der Waals surface area contributed by atoms with Crippen molar-refractivity contribution < 1.29 is 73.1 Å². The zero-order valence-corrected chi connectivity index (χ0v) is 37.4. The molecule has 4 aliphatic carbocycles. The Morgan fingerprint density at radius 1 is 0.823 bits per heavy atom. The summed E-state index contributed by atoms with van der Waals surface area (Å²) in [5.74, 6) is -2.29. The standard InChI is InChI=1S/C47H70O15/c1-24(2)8-15-33(49)25(3)47(55)36(21-32-30-14-11-27-20-28(48)16-18-45(27,4)31(30)17-19-46(32,47)5)60-43-37(42(54)57-7)39(35(51)23-58-43)62-44-40(38(52)34(50)22-59-44)61-41(53)26-9-12-29(56-6)13-10-26/h9-10,12-13,24-25,27-28,30-32,34-40,43-44,48,50-52,55H,8,11,14-23H2,1-7H3/t25-,27?,28+,30?,31?,32?,34-,35+,36+,37+,38+,39+,40-,43+,44+,45+,46+,47-/m1/s1. The highest BCUT2D eigenvalue weighted by molar-refractivity contribution is 5.89. The van der Waals surface area contributed by atoms with Gasteiger partial charge in [-0.15, -0.1) is 0 Å². The minimum atomic E-state index is -1.67. The molecule has 2 saturated heterocycles. The molecule has 4 saturated carbocycles. The lowest BCUT2D eigenvalue weighted by Gasteiger charge is -2.62. The summed E-state index contributed by atoms with van der Waals surface area (Å²) in [7, 11) is 2.65. The first-order valence-corrected chi connectivity index (χ1v) is 22.8. The summed E-state index contributed by atoms with van der Waals surface area (Å²) in [5, 5.41) is 57.2. The number of carbonyl (C=O) groups excluding carboxylic acids is 3. The fourth-order valence-electron chi connectivity index (χ4n) is 12.8. The smallest absolute Gasteiger partial charge is 0.338 e. The van der Waals surface area contributed by atoms with Crippen molar-refractivity contribution in [3.8, 4) is 5.75 Å². The molecular formula is C47H70O15. The van der Waals surface area contributed by atoms with E-state index in [9.17, 15) is 39.9 Å². The van der Waals surface area contributed by atoms with Crippen LogP contribution in [0.3, 0.4) is 0 Å². The average Bonchev–Trinajstić information content (AvgIpc) is 3.48. The second-order valence-corrected chi connectivity index (χ2v) is 20.1. The molecule has 15 nitrogen and oxygen atoms in total. The molecule has 2 heterocycles. The van der Waals surface area contributed by atoms with E-state index in [0.717, 1.165) is 38.5 Å². The number of Topliss-reactive ketones (excluding diaryl/α,β-unsaturated/α-hetero) is 1. The number of rotatable bonds is 13. The van der Waals surface area contributed by atoms with Gasteiger partial charge in [0.1, 0.15) is 47.5 Å². The van der Waals surface area contributed by atoms with Crippen LogP contribution in [0.2, 0.25) is 0 Å². The number of benzene rings is 1. The summed E-state index contributed by atoms with van der Waals surface area (Å²) in [6.45, 7) is 9.62. The van der Waals surface area contributed by atoms with Gasteiger partial charge in [-0.25, -0.2) is 4.79 Å². The number of hydrogen-bond acceptors (Lipinski definition) is 15. The van der Waals surface area contributed by atoms with Gasteiger partial charge in [0.2, 0.25) is 0 Å². The van der Waals surface area contributed by atoms with Crippen molar-refractivity contribution >= 4 is 17.7 Å². The van der Waals surface area contributed by atoms with Crippen LogP contribution in [0.4, 0.5) is 0 Å². The Kier molecular flexibility index (Phi) is 14.2. The van der Waals surface area contributed by atoms with Crippen LogP contribution in [-0.2, 0) is 38.0 Å². The summed E-state index contributed by atoms with van der Waals surface area (Å²) < 4.78 is 41.2. The first kappa shape index (κ1) is 47.2. The van der Waals surface area contributed by atoms with Crippen LogP contribution in [0.1, 0.15) is 109 Å². The van der Waals surface area contributed by atoms with Gasteiger partial charge in [0, 0.05) is 17.8 Å². The lowest BCUT2D eigenvalue weighted by molar-refractivity contribution is -0.332. The third-order valence-electron chi connectivity index (χ3n) is 16.5. The molecule has 348 valence electrons. The van der Waals surface area contributed by atoms with E-state index < -0.39 is 90.6 Å². The van der Waals surface area contributed by atoms with E-state index in [1.807, 2.05) is 0 Å². The molecule has 1 aromatic rings. The third-order valence-corrected chi connectivity index (χ3v) is 16.5. The Morgan fingerprint density at radius 3 is 2.19 bits per heavy atom. The maximum Gasteiger partial charge on any atom is 0.338 e. The molecule has 62 heavy (non-hydrogen) atoms. The van der Waals surface area contributed by atoms with E-state index in [0.29, 0.717) is 43.3 Å². The Morgan fingerprint density at radius 2 is 1.52 bits per heavy atom. The molecule has 6 fully saturated rings. The molecule has 2 aliphatic heterocycles. The van der Waals surface area contributed by atoms with Crippen molar-refractivity contribution in [3.05, 3.63) is 29.8 Å². The quantitative estimate of drug-likeness (QED) is 0.177. The molecule has 6 aliphatic rings. The molecule has 4 unspecified atom stereocenters. The first-order valence-electron chi connectivity index (χ1n) is 22.8. The van der Waals surface area contributed by atoms with Gasteiger partial charge in [-0.1, -0.05) is 34.6 Å². The van der Waals surface area contributed by atoms with Gasteiger partial charge in [0.05, 0.1) is 45.2 Å². The highest BCUT2D eigenvalue weighted by atomic mass is 16.7.